The summed E-state index contributed by atoms with van der Waals surface area (Å²) in [5.41, 5.74) is 5.86. The fourth-order valence-electron chi connectivity index (χ4n) is 3.48. The minimum absolute atomic E-state index is 0.0152. The average Bonchev–Trinajstić information content (AvgIpc) is 2.82. The second-order valence-corrected chi connectivity index (χ2v) is 18.6. The molecule has 0 aromatic heterocycles. The topological polar surface area (TPSA) is 40.6 Å². The highest BCUT2D eigenvalue weighted by atomic mass is 28.3. The molecule has 2 aromatic rings. The van der Waals surface area contributed by atoms with Crippen LogP contribution in [0.15, 0.2) is 73.1 Å². The quantitative estimate of drug-likeness (QED) is 0.462. The van der Waals surface area contributed by atoms with E-state index >= 15 is 0 Å². The normalized spacial score (nSPS) is 11.6. The van der Waals surface area contributed by atoms with Crippen LogP contribution in [0.5, 0.6) is 0 Å². The largest absolute Gasteiger partial charge is 0.316 e. The summed E-state index contributed by atoms with van der Waals surface area (Å²) in [5, 5.41) is 2.49. The van der Waals surface area contributed by atoms with Gasteiger partial charge in [-0.3, -0.25) is 9.59 Å². The van der Waals surface area contributed by atoms with Crippen molar-refractivity contribution < 1.29 is 9.59 Å². The maximum Gasteiger partial charge on any atom is 0.226 e. The molecule has 0 unspecified atom stereocenters. The van der Waals surface area contributed by atoms with E-state index in [-0.39, 0.29) is 11.8 Å². The molecule has 0 radical (unpaired) electrons. The van der Waals surface area contributed by atoms with E-state index in [0.29, 0.717) is 19.3 Å². The Morgan fingerprint density at radius 2 is 1.12 bits per heavy atom. The Morgan fingerprint density at radius 1 is 0.758 bits per heavy atom. The molecule has 0 N–H and O–H groups in total. The van der Waals surface area contributed by atoms with Crippen molar-refractivity contribution in [2.45, 2.75) is 45.5 Å². The number of anilines is 2. The van der Waals surface area contributed by atoms with Gasteiger partial charge in [-0.2, -0.15) is 0 Å². The summed E-state index contributed by atoms with van der Waals surface area (Å²) in [5.74, 6) is 0.0304. The summed E-state index contributed by atoms with van der Waals surface area (Å²) >= 11 is 0. The van der Waals surface area contributed by atoms with E-state index in [1.54, 1.807) is 23.9 Å². The molecule has 0 aliphatic rings. The van der Waals surface area contributed by atoms with Crippen LogP contribution >= 0.6 is 0 Å². The van der Waals surface area contributed by atoms with Crippen LogP contribution in [0.25, 0.3) is 0 Å². The zero-order chi connectivity index (χ0) is 24.8. The molecule has 0 saturated heterocycles. The van der Waals surface area contributed by atoms with E-state index in [4.69, 9.17) is 0 Å². The minimum Gasteiger partial charge on any atom is -0.316 e. The van der Waals surface area contributed by atoms with Gasteiger partial charge < -0.3 is 9.80 Å². The van der Waals surface area contributed by atoms with Gasteiger partial charge in [-0.1, -0.05) is 72.2 Å². The van der Waals surface area contributed by atoms with Gasteiger partial charge in [0, 0.05) is 38.3 Å². The van der Waals surface area contributed by atoms with Gasteiger partial charge in [0.1, 0.15) is 16.1 Å². The third-order valence-corrected chi connectivity index (χ3v) is 12.1. The minimum atomic E-state index is -1.70. The van der Waals surface area contributed by atoms with Crippen molar-refractivity contribution in [1.82, 2.24) is 0 Å². The molecular formula is C27H38N2O2Si2. The lowest BCUT2D eigenvalue weighted by atomic mass is 10.2. The van der Waals surface area contributed by atoms with Crippen LogP contribution in [0.2, 0.25) is 26.2 Å². The summed E-state index contributed by atoms with van der Waals surface area (Å²) in [7, 11) is 0.208. The van der Waals surface area contributed by atoms with Gasteiger partial charge in [0.15, 0.2) is 0 Å². The Bertz CT molecular complexity index is 949. The molecule has 0 heterocycles. The van der Waals surface area contributed by atoms with Crippen LogP contribution in [-0.4, -0.2) is 42.1 Å². The molecule has 6 heteroatoms. The molecule has 33 heavy (non-hydrogen) atoms. The molecule has 0 saturated carbocycles. The van der Waals surface area contributed by atoms with E-state index in [1.807, 2.05) is 35.7 Å². The van der Waals surface area contributed by atoms with Gasteiger partial charge in [0.25, 0.3) is 0 Å². The molecule has 2 rings (SSSR count). The van der Waals surface area contributed by atoms with Crippen molar-refractivity contribution in [3.8, 4) is 0 Å². The fraction of sp³-hybridized carbons (Fsp3) is 0.333. The number of carbonyl (C=O) groups is 2. The molecule has 0 fully saturated rings. The van der Waals surface area contributed by atoms with Crippen LogP contribution in [0.3, 0.4) is 0 Å². The Labute approximate surface area is 201 Å². The molecule has 0 atom stereocenters. The summed E-state index contributed by atoms with van der Waals surface area (Å²) < 4.78 is 0. The monoisotopic (exact) mass is 478 g/mol. The van der Waals surface area contributed by atoms with Crippen molar-refractivity contribution >= 4 is 49.7 Å². The molecule has 0 aliphatic heterocycles. The van der Waals surface area contributed by atoms with Gasteiger partial charge in [0.2, 0.25) is 11.8 Å². The summed E-state index contributed by atoms with van der Waals surface area (Å²) in [6, 6.07) is 16.3. The van der Waals surface area contributed by atoms with Gasteiger partial charge in [-0.25, -0.2) is 0 Å². The Morgan fingerprint density at radius 3 is 1.45 bits per heavy atom. The molecule has 2 amide bonds. The lowest BCUT2D eigenvalue weighted by molar-refractivity contribution is -0.119. The van der Waals surface area contributed by atoms with Gasteiger partial charge in [-0.15, -0.1) is 13.2 Å². The first-order valence-corrected chi connectivity index (χ1v) is 17.6. The van der Waals surface area contributed by atoms with Crippen molar-refractivity contribution in [3.05, 3.63) is 73.1 Å². The summed E-state index contributed by atoms with van der Waals surface area (Å²) in [4.78, 5) is 28.9. The van der Waals surface area contributed by atoms with E-state index < -0.39 is 16.1 Å². The van der Waals surface area contributed by atoms with Crippen molar-refractivity contribution in [1.29, 1.82) is 0 Å². The summed E-state index contributed by atoms with van der Waals surface area (Å²) in [6.45, 7) is 16.9. The van der Waals surface area contributed by atoms with E-state index in [2.05, 4.69) is 63.6 Å². The smallest absolute Gasteiger partial charge is 0.226 e. The van der Waals surface area contributed by atoms with Crippen molar-refractivity contribution in [2.75, 3.05) is 23.9 Å². The number of benzene rings is 2. The highest BCUT2D eigenvalue weighted by Crippen LogP contribution is 2.18. The SMILES string of the molecule is C=C[Si](C)(C)c1cccc(N(C)C(=O)CCCC(=O)N(C)c2cccc([Si](C)(C)C=C)c2)c1. The van der Waals surface area contributed by atoms with Crippen LogP contribution in [0.4, 0.5) is 11.4 Å². The average molecular weight is 479 g/mol. The molecule has 0 spiro atoms. The van der Waals surface area contributed by atoms with Crippen molar-refractivity contribution in [2.24, 2.45) is 0 Å². The third kappa shape index (κ3) is 6.65. The Hall–Kier alpha value is -2.71. The number of amides is 2. The van der Waals surface area contributed by atoms with E-state index in [1.165, 1.54) is 10.4 Å². The lowest BCUT2D eigenvalue weighted by Gasteiger charge is -2.23. The first kappa shape index (κ1) is 26.5. The van der Waals surface area contributed by atoms with Gasteiger partial charge in [0.05, 0.1) is 0 Å². The van der Waals surface area contributed by atoms with E-state index in [9.17, 15) is 9.59 Å². The predicted octanol–water partition coefficient (Wildman–Crippen LogP) is 4.76. The summed E-state index contributed by atoms with van der Waals surface area (Å²) in [6.07, 6.45) is 1.18. The Kier molecular flexibility index (Phi) is 8.80. The lowest BCUT2D eigenvalue weighted by Crippen LogP contribution is -2.40. The highest BCUT2D eigenvalue weighted by molar-refractivity contribution is 6.94. The van der Waals surface area contributed by atoms with Gasteiger partial charge >= 0.3 is 0 Å². The Balaban J connectivity index is 1.97. The first-order valence-electron chi connectivity index (χ1n) is 11.4. The molecular weight excluding hydrogens is 440 g/mol. The maximum absolute atomic E-state index is 12.8. The molecule has 2 aromatic carbocycles. The number of nitrogens with zero attached hydrogens (tertiary/aromatic N) is 2. The third-order valence-electron chi connectivity index (χ3n) is 6.51. The zero-order valence-electron chi connectivity index (χ0n) is 21.0. The van der Waals surface area contributed by atoms with Crippen LogP contribution in [0, 0.1) is 0 Å². The van der Waals surface area contributed by atoms with Crippen LogP contribution < -0.4 is 20.2 Å². The standard InChI is InChI=1S/C27H38N2O2Si2/c1-9-32(5,6)24-16-11-14-22(20-24)28(3)26(30)18-13-19-27(31)29(4)23-15-12-17-25(21-23)33(7,8)10-2/h9-12,14-17,20-21H,1-2,13,18-19H2,3-8H3. The predicted molar refractivity (Wildman–Crippen MR) is 148 cm³/mol. The van der Waals surface area contributed by atoms with Gasteiger partial charge in [-0.05, 0) is 30.7 Å². The van der Waals surface area contributed by atoms with E-state index in [0.717, 1.165) is 11.4 Å². The number of rotatable bonds is 10. The zero-order valence-corrected chi connectivity index (χ0v) is 23.0. The highest BCUT2D eigenvalue weighted by Gasteiger charge is 2.22. The number of hydrogen-bond donors (Lipinski definition) is 0. The van der Waals surface area contributed by atoms with Crippen LogP contribution in [-0.2, 0) is 9.59 Å². The first-order chi connectivity index (χ1) is 15.4. The van der Waals surface area contributed by atoms with Crippen molar-refractivity contribution in [3.63, 3.8) is 0 Å². The second kappa shape index (κ2) is 10.9. The maximum atomic E-state index is 12.8. The molecule has 176 valence electrons. The molecule has 0 bridgehead atoms. The molecule has 4 nitrogen and oxygen atoms in total. The fourth-order valence-corrected chi connectivity index (χ4v) is 6.04. The van der Waals surface area contributed by atoms with Crippen LogP contribution in [0.1, 0.15) is 19.3 Å². The second-order valence-electron chi connectivity index (χ2n) is 9.71. The molecule has 0 aliphatic carbocycles. The number of hydrogen-bond acceptors (Lipinski definition) is 2. The number of carbonyl (C=O) groups excluding carboxylic acids is 2.